The average molecular weight is 345 g/mol. The van der Waals surface area contributed by atoms with Gasteiger partial charge in [-0.25, -0.2) is 4.98 Å². The van der Waals surface area contributed by atoms with E-state index in [0.29, 0.717) is 5.92 Å². The van der Waals surface area contributed by atoms with Crippen molar-refractivity contribution in [2.45, 2.75) is 25.3 Å². The van der Waals surface area contributed by atoms with Crippen LogP contribution in [0.2, 0.25) is 0 Å². The molecule has 0 radical (unpaired) electrons. The van der Waals surface area contributed by atoms with Gasteiger partial charge in [0.05, 0.1) is 12.1 Å². The number of aryl methyl sites for hydroxylation is 1. The number of piperidine rings is 1. The van der Waals surface area contributed by atoms with Gasteiger partial charge in [-0.2, -0.15) is 0 Å². The molecule has 2 aromatic heterocycles. The van der Waals surface area contributed by atoms with Gasteiger partial charge in [-0.05, 0) is 45.3 Å². The summed E-state index contributed by atoms with van der Waals surface area (Å²) >= 11 is 1.68. The summed E-state index contributed by atoms with van der Waals surface area (Å²) in [4.78, 5) is 9.12. The first-order valence-electron chi connectivity index (χ1n) is 8.45. The summed E-state index contributed by atoms with van der Waals surface area (Å²) in [7, 11) is 2.25. The third-order valence-electron chi connectivity index (χ3n) is 5.21. The van der Waals surface area contributed by atoms with Crippen LogP contribution in [-0.2, 0) is 0 Å². The number of anilines is 1. The summed E-state index contributed by atoms with van der Waals surface area (Å²) in [5.41, 5.74) is 0.260. The summed E-state index contributed by atoms with van der Waals surface area (Å²) in [6.07, 6.45) is 4.13. The molecular weight excluding hydrogens is 322 g/mol. The Hall–Kier alpha value is -1.73. The molecule has 2 saturated heterocycles. The molecule has 0 unspecified atom stereocenters. The molecule has 0 aromatic carbocycles. The smallest absolute Gasteiger partial charge is 0.213 e. The van der Waals surface area contributed by atoms with Crippen molar-refractivity contribution in [2.75, 3.05) is 38.2 Å². The fourth-order valence-corrected chi connectivity index (χ4v) is 4.46. The molecule has 0 N–H and O–H groups in total. The Balaban J connectivity index is 1.36. The van der Waals surface area contributed by atoms with E-state index < -0.39 is 0 Å². The molecule has 2 aliphatic rings. The Morgan fingerprint density at radius 3 is 2.92 bits per heavy atom. The van der Waals surface area contributed by atoms with Crippen LogP contribution in [0.25, 0.3) is 0 Å². The predicted molar refractivity (Wildman–Crippen MR) is 94.7 cm³/mol. The van der Waals surface area contributed by atoms with Gasteiger partial charge in [0.1, 0.15) is 5.01 Å². The van der Waals surface area contributed by atoms with Crippen molar-refractivity contribution < 1.29 is 4.74 Å². The van der Waals surface area contributed by atoms with Crippen LogP contribution in [0.5, 0.6) is 5.88 Å². The van der Waals surface area contributed by atoms with Gasteiger partial charge in [-0.1, -0.05) is 17.4 Å². The quantitative estimate of drug-likeness (QED) is 0.847. The standard InChI is InChI=1S/C17H23N5OS/c1-13-19-20-16(24-13)22-11-17(12-22)9-14(6-8-21(17)2)10-23-15-5-3-4-7-18-15/h3-5,7,14H,6,8-12H2,1-2H3/t14-/m1/s1. The van der Waals surface area contributed by atoms with Crippen molar-refractivity contribution in [3.63, 3.8) is 0 Å². The number of likely N-dealkylation sites (N-methyl/N-ethyl adjacent to an activating group) is 1. The minimum atomic E-state index is 0.260. The van der Waals surface area contributed by atoms with Crippen molar-refractivity contribution in [3.8, 4) is 5.88 Å². The maximum atomic E-state index is 5.89. The van der Waals surface area contributed by atoms with E-state index in [4.69, 9.17) is 4.74 Å². The Morgan fingerprint density at radius 1 is 1.33 bits per heavy atom. The fourth-order valence-electron chi connectivity index (χ4n) is 3.77. The van der Waals surface area contributed by atoms with E-state index in [-0.39, 0.29) is 5.54 Å². The highest BCUT2D eigenvalue weighted by atomic mass is 32.1. The average Bonchev–Trinajstić information content (AvgIpc) is 2.99. The van der Waals surface area contributed by atoms with Gasteiger partial charge in [0, 0.05) is 25.4 Å². The molecular formula is C17H23N5OS. The Labute approximate surface area is 146 Å². The molecule has 0 amide bonds. The van der Waals surface area contributed by atoms with Crippen LogP contribution in [0, 0.1) is 12.8 Å². The van der Waals surface area contributed by atoms with Crippen LogP contribution in [0.3, 0.4) is 0 Å². The minimum absolute atomic E-state index is 0.260. The van der Waals surface area contributed by atoms with Crippen LogP contribution >= 0.6 is 11.3 Å². The van der Waals surface area contributed by atoms with Gasteiger partial charge in [-0.15, -0.1) is 10.2 Å². The normalized spacial score (nSPS) is 23.2. The number of rotatable bonds is 4. The Bertz CT molecular complexity index is 685. The second-order valence-electron chi connectivity index (χ2n) is 6.94. The summed E-state index contributed by atoms with van der Waals surface area (Å²) < 4.78 is 5.89. The molecule has 6 nitrogen and oxygen atoms in total. The zero-order chi connectivity index (χ0) is 16.6. The molecule has 1 spiro atoms. The van der Waals surface area contributed by atoms with E-state index in [0.717, 1.165) is 42.3 Å². The van der Waals surface area contributed by atoms with E-state index in [1.165, 1.54) is 12.8 Å². The highest BCUT2D eigenvalue weighted by molar-refractivity contribution is 7.15. The molecule has 2 fully saturated rings. The molecule has 0 bridgehead atoms. The van der Waals surface area contributed by atoms with Crippen LogP contribution in [-0.4, -0.2) is 58.9 Å². The molecule has 4 heterocycles. The minimum Gasteiger partial charge on any atom is -0.477 e. The second-order valence-corrected chi connectivity index (χ2v) is 8.10. The van der Waals surface area contributed by atoms with Gasteiger partial charge >= 0.3 is 0 Å². The van der Waals surface area contributed by atoms with Gasteiger partial charge in [0.2, 0.25) is 11.0 Å². The van der Waals surface area contributed by atoms with Gasteiger partial charge in [0.25, 0.3) is 0 Å². The van der Waals surface area contributed by atoms with Gasteiger partial charge in [0.15, 0.2) is 0 Å². The number of hydrogen-bond donors (Lipinski definition) is 0. The van der Waals surface area contributed by atoms with E-state index in [9.17, 15) is 0 Å². The monoisotopic (exact) mass is 345 g/mol. The lowest BCUT2D eigenvalue weighted by Crippen LogP contribution is -2.72. The number of aromatic nitrogens is 3. The zero-order valence-corrected chi connectivity index (χ0v) is 15.0. The van der Waals surface area contributed by atoms with Gasteiger partial charge in [-0.3, -0.25) is 4.90 Å². The Morgan fingerprint density at radius 2 is 2.21 bits per heavy atom. The summed E-state index contributed by atoms with van der Waals surface area (Å²) in [6.45, 7) is 5.97. The second kappa shape index (κ2) is 6.29. The lowest BCUT2D eigenvalue weighted by Gasteiger charge is -2.58. The molecule has 0 saturated carbocycles. The third-order valence-corrected chi connectivity index (χ3v) is 6.11. The number of pyridine rings is 1. The first-order chi connectivity index (χ1) is 11.6. The number of nitrogens with zero attached hydrogens (tertiary/aromatic N) is 5. The van der Waals surface area contributed by atoms with Crippen molar-refractivity contribution >= 4 is 16.5 Å². The topological polar surface area (TPSA) is 54.4 Å². The molecule has 128 valence electrons. The Kier molecular flexibility index (Phi) is 4.14. The first kappa shape index (κ1) is 15.8. The lowest BCUT2D eigenvalue weighted by molar-refractivity contribution is 0.00586. The van der Waals surface area contributed by atoms with Crippen molar-refractivity contribution in [2.24, 2.45) is 5.92 Å². The number of hydrogen-bond acceptors (Lipinski definition) is 7. The van der Waals surface area contributed by atoms with Crippen molar-refractivity contribution in [1.29, 1.82) is 0 Å². The first-order valence-corrected chi connectivity index (χ1v) is 9.26. The van der Waals surface area contributed by atoms with E-state index in [2.05, 4.69) is 32.0 Å². The maximum absolute atomic E-state index is 5.89. The van der Waals surface area contributed by atoms with E-state index in [1.54, 1.807) is 17.5 Å². The summed E-state index contributed by atoms with van der Waals surface area (Å²) in [5, 5.41) is 10.5. The van der Waals surface area contributed by atoms with E-state index in [1.807, 2.05) is 25.1 Å². The molecule has 7 heteroatoms. The van der Waals surface area contributed by atoms with E-state index >= 15 is 0 Å². The number of likely N-dealkylation sites (tertiary alicyclic amines) is 1. The van der Waals surface area contributed by atoms with Crippen molar-refractivity contribution in [1.82, 2.24) is 20.1 Å². The summed E-state index contributed by atoms with van der Waals surface area (Å²) in [5.74, 6) is 1.31. The number of ether oxygens (including phenoxy) is 1. The molecule has 2 aliphatic heterocycles. The zero-order valence-electron chi connectivity index (χ0n) is 14.2. The third kappa shape index (κ3) is 2.98. The predicted octanol–water partition coefficient (Wildman–Crippen LogP) is 2.22. The highest BCUT2D eigenvalue weighted by Gasteiger charge is 2.50. The van der Waals surface area contributed by atoms with Crippen molar-refractivity contribution in [3.05, 3.63) is 29.4 Å². The molecule has 2 aromatic rings. The molecule has 24 heavy (non-hydrogen) atoms. The van der Waals surface area contributed by atoms with Crippen LogP contribution in [0.4, 0.5) is 5.13 Å². The van der Waals surface area contributed by atoms with Crippen LogP contribution in [0.15, 0.2) is 24.4 Å². The van der Waals surface area contributed by atoms with Crippen LogP contribution in [0.1, 0.15) is 17.8 Å². The fraction of sp³-hybridized carbons (Fsp3) is 0.588. The SMILES string of the molecule is Cc1nnc(N2CC3(C[C@H](COc4ccccn4)CCN3C)C2)s1. The maximum Gasteiger partial charge on any atom is 0.213 e. The summed E-state index contributed by atoms with van der Waals surface area (Å²) in [6, 6.07) is 5.80. The largest absolute Gasteiger partial charge is 0.477 e. The molecule has 0 aliphatic carbocycles. The highest BCUT2D eigenvalue weighted by Crippen LogP contribution is 2.41. The van der Waals surface area contributed by atoms with Crippen LogP contribution < -0.4 is 9.64 Å². The molecule has 4 rings (SSSR count). The van der Waals surface area contributed by atoms with Gasteiger partial charge < -0.3 is 9.64 Å². The molecule has 1 atom stereocenters. The lowest BCUT2D eigenvalue weighted by atomic mass is 9.75.